The number of carbonyl (C=O) groups excluding carboxylic acids is 2. The molecule has 0 aliphatic carbocycles. The fourth-order valence-corrected chi connectivity index (χ4v) is 2.62. The van der Waals surface area contributed by atoms with Gasteiger partial charge in [0.15, 0.2) is 11.5 Å². The van der Waals surface area contributed by atoms with Crippen LogP contribution >= 0.6 is 0 Å². The maximum atomic E-state index is 12.4. The Labute approximate surface area is 146 Å². The first-order valence-corrected chi connectivity index (χ1v) is 8.19. The fourth-order valence-electron chi connectivity index (χ4n) is 2.62. The highest BCUT2D eigenvalue weighted by molar-refractivity contribution is 6.03. The number of rotatable bonds is 5. The van der Waals surface area contributed by atoms with Crippen LogP contribution in [-0.2, 0) is 6.42 Å². The van der Waals surface area contributed by atoms with Crippen molar-refractivity contribution in [2.75, 3.05) is 5.32 Å². The predicted octanol–water partition coefficient (Wildman–Crippen LogP) is 4.96. The van der Waals surface area contributed by atoms with Gasteiger partial charge in [-0.3, -0.25) is 9.59 Å². The number of carbonyl (C=O) groups is 2. The van der Waals surface area contributed by atoms with Crippen molar-refractivity contribution in [1.29, 1.82) is 0 Å². The molecule has 4 heteroatoms. The highest BCUT2D eigenvalue weighted by atomic mass is 16.3. The third-order valence-corrected chi connectivity index (χ3v) is 4.05. The third kappa shape index (κ3) is 3.69. The largest absolute Gasteiger partial charge is 0.451 e. The fraction of sp³-hybridized carbons (Fsp3) is 0.143. The zero-order valence-corrected chi connectivity index (χ0v) is 14.2. The van der Waals surface area contributed by atoms with Crippen LogP contribution < -0.4 is 5.32 Å². The summed E-state index contributed by atoms with van der Waals surface area (Å²) in [6, 6.07) is 18.2. The number of para-hydroxylation sites is 1. The molecule has 1 N–H and O–H groups in total. The summed E-state index contributed by atoms with van der Waals surface area (Å²) in [4.78, 5) is 23.8. The lowest BCUT2D eigenvalue weighted by Crippen LogP contribution is -2.12. The van der Waals surface area contributed by atoms with Crippen molar-refractivity contribution >= 4 is 17.4 Å². The summed E-state index contributed by atoms with van der Waals surface area (Å²) in [5, 5.41) is 2.89. The van der Waals surface area contributed by atoms with Crippen LogP contribution in [-0.4, -0.2) is 11.7 Å². The predicted molar refractivity (Wildman–Crippen MR) is 97.9 cm³/mol. The lowest BCUT2D eigenvalue weighted by Gasteiger charge is -2.08. The monoisotopic (exact) mass is 333 g/mol. The van der Waals surface area contributed by atoms with E-state index in [2.05, 4.69) is 5.32 Å². The number of benzene rings is 2. The Kier molecular flexibility index (Phi) is 4.80. The molecule has 0 fully saturated rings. The summed E-state index contributed by atoms with van der Waals surface area (Å²) in [6.07, 6.45) is 0.836. The molecular weight excluding hydrogens is 314 g/mol. The molecule has 0 bridgehead atoms. The summed E-state index contributed by atoms with van der Waals surface area (Å²) in [5.74, 6) is 0.564. The van der Waals surface area contributed by atoms with E-state index in [4.69, 9.17) is 4.42 Å². The van der Waals surface area contributed by atoms with E-state index < -0.39 is 0 Å². The van der Waals surface area contributed by atoms with Gasteiger partial charge < -0.3 is 9.73 Å². The topological polar surface area (TPSA) is 59.3 Å². The van der Waals surface area contributed by atoms with Crippen LogP contribution in [0.1, 0.15) is 40.3 Å². The molecular formula is C21H19NO3. The zero-order valence-electron chi connectivity index (χ0n) is 14.2. The van der Waals surface area contributed by atoms with E-state index in [1.165, 1.54) is 6.92 Å². The Bertz CT molecular complexity index is 907. The zero-order chi connectivity index (χ0) is 17.8. The van der Waals surface area contributed by atoms with Gasteiger partial charge >= 0.3 is 0 Å². The van der Waals surface area contributed by atoms with Gasteiger partial charge in [-0.25, -0.2) is 0 Å². The number of anilines is 1. The van der Waals surface area contributed by atoms with Gasteiger partial charge in [0.1, 0.15) is 5.76 Å². The first kappa shape index (κ1) is 16.7. The summed E-state index contributed by atoms with van der Waals surface area (Å²) in [7, 11) is 0. The normalized spacial score (nSPS) is 10.5. The molecule has 0 radical (unpaired) electrons. The van der Waals surface area contributed by atoms with E-state index in [1.807, 2.05) is 43.3 Å². The third-order valence-electron chi connectivity index (χ3n) is 4.05. The van der Waals surface area contributed by atoms with E-state index in [-0.39, 0.29) is 17.5 Å². The number of furan rings is 1. The Balaban J connectivity index is 1.78. The number of ketones is 1. The second kappa shape index (κ2) is 7.18. The highest BCUT2D eigenvalue weighted by Crippen LogP contribution is 2.24. The molecule has 0 atom stereocenters. The van der Waals surface area contributed by atoms with E-state index in [0.29, 0.717) is 11.3 Å². The minimum atomic E-state index is -0.285. The Morgan fingerprint density at radius 1 is 0.960 bits per heavy atom. The molecule has 2 aromatic carbocycles. The number of nitrogens with one attached hydrogen (secondary N) is 1. The average molecular weight is 333 g/mol. The standard InChI is InChI=1S/C21H19NO3/c1-3-15-6-4-5-7-18(15)22-21(24)20-13-12-19(25-20)17-10-8-16(9-11-17)14(2)23/h4-13H,3H2,1-2H3,(H,22,24). The van der Waals surface area contributed by atoms with Crippen LogP contribution in [0.15, 0.2) is 65.1 Å². The van der Waals surface area contributed by atoms with Crippen LogP contribution in [0.5, 0.6) is 0 Å². The van der Waals surface area contributed by atoms with Gasteiger partial charge in [0, 0.05) is 16.8 Å². The molecule has 1 amide bonds. The molecule has 0 saturated heterocycles. The molecule has 1 aromatic heterocycles. The number of aryl methyl sites for hydroxylation is 1. The van der Waals surface area contributed by atoms with Crippen molar-refractivity contribution in [1.82, 2.24) is 0 Å². The molecule has 0 saturated carbocycles. The van der Waals surface area contributed by atoms with E-state index in [1.54, 1.807) is 24.3 Å². The molecule has 25 heavy (non-hydrogen) atoms. The van der Waals surface area contributed by atoms with Gasteiger partial charge in [0.05, 0.1) is 0 Å². The second-order valence-electron chi connectivity index (χ2n) is 5.76. The lowest BCUT2D eigenvalue weighted by atomic mass is 10.1. The summed E-state index contributed by atoms with van der Waals surface area (Å²) in [5.41, 5.74) is 3.32. The minimum Gasteiger partial charge on any atom is -0.451 e. The molecule has 126 valence electrons. The van der Waals surface area contributed by atoms with Crippen LogP contribution in [0.3, 0.4) is 0 Å². The molecule has 0 unspecified atom stereocenters. The number of hydrogen-bond donors (Lipinski definition) is 1. The van der Waals surface area contributed by atoms with E-state index in [9.17, 15) is 9.59 Å². The van der Waals surface area contributed by atoms with Gasteiger partial charge in [-0.2, -0.15) is 0 Å². The van der Waals surface area contributed by atoms with Gasteiger partial charge in [-0.05, 0) is 37.1 Å². The molecule has 4 nitrogen and oxygen atoms in total. The summed E-state index contributed by atoms with van der Waals surface area (Å²) in [6.45, 7) is 3.57. The molecule has 0 spiro atoms. The lowest BCUT2D eigenvalue weighted by molar-refractivity contribution is 0.0994. The minimum absolute atomic E-state index is 0.0145. The molecule has 3 rings (SSSR count). The van der Waals surface area contributed by atoms with Crippen molar-refractivity contribution in [2.24, 2.45) is 0 Å². The SMILES string of the molecule is CCc1ccccc1NC(=O)c1ccc(-c2ccc(C(C)=O)cc2)o1. The highest BCUT2D eigenvalue weighted by Gasteiger charge is 2.14. The maximum absolute atomic E-state index is 12.4. The molecule has 0 aliphatic rings. The number of amides is 1. The van der Waals surface area contributed by atoms with Crippen molar-refractivity contribution in [3.63, 3.8) is 0 Å². The van der Waals surface area contributed by atoms with Crippen LogP contribution in [0.25, 0.3) is 11.3 Å². The van der Waals surface area contributed by atoms with Gasteiger partial charge in [0.2, 0.25) is 0 Å². The second-order valence-corrected chi connectivity index (χ2v) is 5.76. The van der Waals surface area contributed by atoms with Crippen molar-refractivity contribution in [3.8, 4) is 11.3 Å². The van der Waals surface area contributed by atoms with Crippen LogP contribution in [0, 0.1) is 0 Å². The molecule has 1 heterocycles. The first-order valence-electron chi connectivity index (χ1n) is 8.19. The number of Topliss-reactive ketones (excluding diaryl/α,β-unsaturated/α-hetero) is 1. The first-order chi connectivity index (χ1) is 12.1. The maximum Gasteiger partial charge on any atom is 0.291 e. The average Bonchev–Trinajstić information content (AvgIpc) is 3.12. The Morgan fingerprint density at radius 3 is 2.36 bits per heavy atom. The Hall–Kier alpha value is -3.14. The summed E-state index contributed by atoms with van der Waals surface area (Å²) >= 11 is 0. The number of hydrogen-bond acceptors (Lipinski definition) is 3. The van der Waals surface area contributed by atoms with Crippen molar-refractivity contribution < 1.29 is 14.0 Å². The molecule has 3 aromatic rings. The van der Waals surface area contributed by atoms with Crippen LogP contribution in [0.4, 0.5) is 5.69 Å². The van der Waals surface area contributed by atoms with Crippen LogP contribution in [0.2, 0.25) is 0 Å². The van der Waals surface area contributed by atoms with Crippen molar-refractivity contribution in [3.05, 3.63) is 77.6 Å². The van der Waals surface area contributed by atoms with Gasteiger partial charge in [-0.15, -0.1) is 0 Å². The van der Waals surface area contributed by atoms with Gasteiger partial charge in [0.25, 0.3) is 5.91 Å². The quantitative estimate of drug-likeness (QED) is 0.671. The molecule has 0 aliphatic heterocycles. The van der Waals surface area contributed by atoms with E-state index in [0.717, 1.165) is 23.2 Å². The van der Waals surface area contributed by atoms with Gasteiger partial charge in [-0.1, -0.05) is 49.4 Å². The Morgan fingerprint density at radius 2 is 1.68 bits per heavy atom. The van der Waals surface area contributed by atoms with Crippen molar-refractivity contribution in [2.45, 2.75) is 20.3 Å². The summed E-state index contributed by atoms with van der Waals surface area (Å²) < 4.78 is 5.68. The van der Waals surface area contributed by atoms with E-state index >= 15 is 0 Å². The smallest absolute Gasteiger partial charge is 0.291 e.